The van der Waals surface area contributed by atoms with Crippen LogP contribution in [0.3, 0.4) is 0 Å². The molecular weight excluding hydrogens is 124 g/mol. The molecule has 1 nitrogen and oxygen atoms in total. The van der Waals surface area contributed by atoms with Crippen molar-refractivity contribution in [2.75, 3.05) is 7.11 Å². The Labute approximate surface area is 65.1 Å². The van der Waals surface area contributed by atoms with Gasteiger partial charge in [-0.15, -0.1) is 0 Å². The summed E-state index contributed by atoms with van der Waals surface area (Å²) in [5.41, 5.74) is 0. The van der Waals surface area contributed by atoms with E-state index < -0.39 is 0 Å². The van der Waals surface area contributed by atoms with Gasteiger partial charge in [0.25, 0.3) is 0 Å². The monoisotopic (exact) mass is 144 g/mol. The van der Waals surface area contributed by atoms with Gasteiger partial charge in [0.05, 0.1) is 12.9 Å². The van der Waals surface area contributed by atoms with Crippen molar-refractivity contribution in [1.29, 1.82) is 0 Å². The van der Waals surface area contributed by atoms with Crippen molar-refractivity contribution in [1.82, 2.24) is 0 Å². The molecule has 0 aliphatic carbocycles. The van der Waals surface area contributed by atoms with E-state index in [1.807, 2.05) is 13.8 Å². The van der Waals surface area contributed by atoms with Gasteiger partial charge in [-0.25, -0.2) is 0 Å². The average Bonchev–Trinajstić information content (AvgIpc) is 2.04. The van der Waals surface area contributed by atoms with E-state index >= 15 is 0 Å². The van der Waals surface area contributed by atoms with Gasteiger partial charge in [-0.3, -0.25) is 0 Å². The summed E-state index contributed by atoms with van der Waals surface area (Å²) in [5.74, 6) is 1.09. The third-order valence-electron chi connectivity index (χ3n) is 1.04. The fourth-order valence-corrected chi connectivity index (χ4v) is 0.600. The lowest BCUT2D eigenvalue weighted by Crippen LogP contribution is -1.81. The Morgan fingerprint density at radius 2 is 1.80 bits per heavy atom. The van der Waals surface area contributed by atoms with Gasteiger partial charge in [0.2, 0.25) is 0 Å². The molecule has 0 unspecified atom stereocenters. The van der Waals surface area contributed by atoms with E-state index in [0.29, 0.717) is 0 Å². The molecule has 0 bridgehead atoms. The molecule has 0 saturated carbocycles. The Bertz CT molecular complexity index is 68.8. The number of ether oxygens (including phenoxy) is 1. The summed E-state index contributed by atoms with van der Waals surface area (Å²) in [6.45, 7) is 8.19. The van der Waals surface area contributed by atoms with Crippen LogP contribution in [0.1, 0.15) is 40.5 Å². The van der Waals surface area contributed by atoms with Gasteiger partial charge >= 0.3 is 0 Å². The molecule has 0 spiro atoms. The van der Waals surface area contributed by atoms with Crippen molar-refractivity contribution >= 4 is 0 Å². The highest BCUT2D eigenvalue weighted by Gasteiger charge is 1.85. The quantitative estimate of drug-likeness (QED) is 0.552. The van der Waals surface area contributed by atoms with E-state index in [1.165, 1.54) is 0 Å². The van der Waals surface area contributed by atoms with Crippen LogP contribution in [0, 0.1) is 0 Å². The predicted molar refractivity (Wildman–Crippen MR) is 47.0 cm³/mol. The lowest BCUT2D eigenvalue weighted by Gasteiger charge is -1.99. The van der Waals surface area contributed by atoms with Gasteiger partial charge in [0, 0.05) is 6.42 Å². The average molecular weight is 144 g/mol. The molecule has 62 valence electrons. The summed E-state index contributed by atoms with van der Waals surface area (Å²) in [4.78, 5) is 0. The second-order valence-electron chi connectivity index (χ2n) is 1.64. The summed E-state index contributed by atoms with van der Waals surface area (Å²) in [7, 11) is 1.71. The molecule has 0 aromatic carbocycles. The second-order valence-corrected chi connectivity index (χ2v) is 1.64. The number of rotatable bonds is 3. The summed E-state index contributed by atoms with van der Waals surface area (Å²) in [6, 6.07) is 0. The SMILES string of the molecule is CC.CC/C=C(/CC)OC. The van der Waals surface area contributed by atoms with Crippen molar-refractivity contribution in [3.05, 3.63) is 11.8 Å². The van der Waals surface area contributed by atoms with E-state index in [1.54, 1.807) is 7.11 Å². The largest absolute Gasteiger partial charge is 0.501 e. The van der Waals surface area contributed by atoms with Gasteiger partial charge in [0.15, 0.2) is 0 Å². The van der Waals surface area contributed by atoms with Crippen LogP contribution < -0.4 is 0 Å². The van der Waals surface area contributed by atoms with Crippen LogP contribution in [0.2, 0.25) is 0 Å². The minimum Gasteiger partial charge on any atom is -0.501 e. The minimum absolute atomic E-state index is 1.00. The van der Waals surface area contributed by atoms with Crippen molar-refractivity contribution in [3.8, 4) is 0 Å². The van der Waals surface area contributed by atoms with Crippen LogP contribution in [-0.4, -0.2) is 7.11 Å². The second kappa shape index (κ2) is 11.4. The molecule has 0 aliphatic rings. The Morgan fingerprint density at radius 1 is 1.30 bits per heavy atom. The molecule has 0 amide bonds. The van der Waals surface area contributed by atoms with E-state index in [9.17, 15) is 0 Å². The van der Waals surface area contributed by atoms with Crippen LogP contribution in [0.25, 0.3) is 0 Å². The van der Waals surface area contributed by atoms with Crippen LogP contribution in [-0.2, 0) is 4.74 Å². The Hall–Kier alpha value is -0.460. The van der Waals surface area contributed by atoms with E-state index in [4.69, 9.17) is 4.74 Å². The zero-order valence-electron chi connectivity index (χ0n) is 7.90. The van der Waals surface area contributed by atoms with Gasteiger partial charge in [-0.05, 0) is 12.5 Å². The maximum atomic E-state index is 5.00. The van der Waals surface area contributed by atoms with Crippen molar-refractivity contribution in [3.63, 3.8) is 0 Å². The first-order chi connectivity index (χ1) is 4.85. The Balaban J connectivity index is 0. The maximum absolute atomic E-state index is 5.00. The van der Waals surface area contributed by atoms with Crippen LogP contribution >= 0.6 is 0 Å². The normalized spacial score (nSPS) is 9.90. The molecule has 0 N–H and O–H groups in total. The van der Waals surface area contributed by atoms with E-state index in [-0.39, 0.29) is 0 Å². The van der Waals surface area contributed by atoms with E-state index in [2.05, 4.69) is 19.9 Å². The third kappa shape index (κ3) is 7.54. The third-order valence-corrected chi connectivity index (χ3v) is 1.04. The number of hydrogen-bond donors (Lipinski definition) is 0. The topological polar surface area (TPSA) is 9.23 Å². The number of allylic oxidation sites excluding steroid dienone is 2. The molecule has 0 rings (SSSR count). The van der Waals surface area contributed by atoms with Crippen LogP contribution in [0.5, 0.6) is 0 Å². The molecule has 0 saturated heterocycles. The van der Waals surface area contributed by atoms with Crippen molar-refractivity contribution in [2.24, 2.45) is 0 Å². The lowest BCUT2D eigenvalue weighted by atomic mass is 10.3. The summed E-state index contributed by atoms with van der Waals surface area (Å²) < 4.78 is 5.00. The number of hydrogen-bond acceptors (Lipinski definition) is 1. The Morgan fingerprint density at radius 3 is 1.90 bits per heavy atom. The molecule has 0 aliphatic heterocycles. The molecule has 10 heavy (non-hydrogen) atoms. The molecule has 0 heterocycles. The predicted octanol–water partition coefficient (Wildman–Crippen LogP) is 3.36. The lowest BCUT2D eigenvalue weighted by molar-refractivity contribution is 0.279. The summed E-state index contributed by atoms with van der Waals surface area (Å²) in [5, 5.41) is 0. The van der Waals surface area contributed by atoms with Crippen molar-refractivity contribution < 1.29 is 4.74 Å². The van der Waals surface area contributed by atoms with Crippen LogP contribution in [0.15, 0.2) is 11.8 Å². The first-order valence-corrected chi connectivity index (χ1v) is 4.08. The molecule has 0 radical (unpaired) electrons. The van der Waals surface area contributed by atoms with E-state index in [0.717, 1.165) is 18.6 Å². The highest BCUT2D eigenvalue weighted by Crippen LogP contribution is 2.00. The fraction of sp³-hybridized carbons (Fsp3) is 0.778. The smallest absolute Gasteiger partial charge is 0.0912 e. The first kappa shape index (κ1) is 12.2. The molecule has 0 aromatic heterocycles. The minimum atomic E-state index is 1.00. The van der Waals surface area contributed by atoms with Crippen molar-refractivity contribution in [2.45, 2.75) is 40.5 Å². The van der Waals surface area contributed by atoms with Crippen LogP contribution in [0.4, 0.5) is 0 Å². The molecule has 0 atom stereocenters. The van der Waals surface area contributed by atoms with Gasteiger partial charge in [-0.1, -0.05) is 27.7 Å². The molecular formula is C9H20O. The fourth-order valence-electron chi connectivity index (χ4n) is 0.600. The van der Waals surface area contributed by atoms with Gasteiger partial charge < -0.3 is 4.74 Å². The van der Waals surface area contributed by atoms with Gasteiger partial charge in [0.1, 0.15) is 0 Å². The number of methoxy groups -OCH3 is 1. The summed E-state index contributed by atoms with van der Waals surface area (Å²) in [6.07, 6.45) is 4.17. The molecule has 0 fully saturated rings. The maximum Gasteiger partial charge on any atom is 0.0912 e. The Kier molecular flexibility index (Phi) is 13.9. The highest BCUT2D eigenvalue weighted by atomic mass is 16.5. The molecule has 1 heteroatoms. The molecule has 0 aromatic rings. The van der Waals surface area contributed by atoms with Gasteiger partial charge in [-0.2, -0.15) is 0 Å². The zero-order chi connectivity index (χ0) is 8.41. The standard InChI is InChI=1S/C7H14O.C2H6/c1-4-6-7(5-2)8-3;1-2/h6H,4-5H2,1-3H3;1-2H3/b7-6-;. The zero-order valence-corrected chi connectivity index (χ0v) is 7.90. The highest BCUT2D eigenvalue weighted by molar-refractivity contribution is 4.90. The summed E-state index contributed by atoms with van der Waals surface area (Å²) >= 11 is 0. The first-order valence-electron chi connectivity index (χ1n) is 4.08.